The lowest BCUT2D eigenvalue weighted by molar-refractivity contribution is 0.323. The van der Waals surface area contributed by atoms with Crippen molar-refractivity contribution in [2.45, 2.75) is 46.0 Å². The molecule has 0 unspecified atom stereocenters. The summed E-state index contributed by atoms with van der Waals surface area (Å²) >= 11 is 1.93. The molecule has 1 atom stereocenters. The number of benzene rings is 2. The van der Waals surface area contributed by atoms with E-state index in [1.54, 1.807) is 0 Å². The Balaban J connectivity index is 1.41. The summed E-state index contributed by atoms with van der Waals surface area (Å²) in [5.41, 5.74) is 9.13. The second kappa shape index (κ2) is 9.13. The first-order chi connectivity index (χ1) is 14.5. The van der Waals surface area contributed by atoms with E-state index in [1.165, 1.54) is 33.4 Å². The Morgan fingerprint density at radius 3 is 2.57 bits per heavy atom. The Morgan fingerprint density at radius 1 is 1.00 bits per heavy atom. The van der Waals surface area contributed by atoms with Gasteiger partial charge < -0.3 is 9.30 Å². The second-order valence-corrected chi connectivity index (χ2v) is 9.33. The van der Waals surface area contributed by atoms with Crippen LogP contribution in [-0.2, 0) is 17.0 Å². The highest BCUT2D eigenvalue weighted by molar-refractivity contribution is 7.98. The van der Waals surface area contributed by atoms with Crippen molar-refractivity contribution in [1.29, 1.82) is 0 Å². The number of hydrogen-bond acceptors (Lipinski definition) is 3. The zero-order valence-electron chi connectivity index (χ0n) is 18.3. The van der Waals surface area contributed by atoms with Gasteiger partial charge in [0, 0.05) is 24.2 Å². The number of aromatic nitrogens is 1. The van der Waals surface area contributed by atoms with E-state index >= 15 is 0 Å². The SMILES string of the molecule is Cc1cccc(CSC[C@@H]2COC(c3cccn3Cc3c(C)cc(C)cc3C)=N2)c1. The van der Waals surface area contributed by atoms with Gasteiger partial charge in [0.1, 0.15) is 12.3 Å². The van der Waals surface area contributed by atoms with Crippen LogP contribution < -0.4 is 0 Å². The van der Waals surface area contributed by atoms with Gasteiger partial charge in [-0.05, 0) is 62.1 Å². The average molecular weight is 419 g/mol. The Labute approximate surface area is 184 Å². The summed E-state index contributed by atoms with van der Waals surface area (Å²) in [6, 6.07) is 17.7. The van der Waals surface area contributed by atoms with Crippen molar-refractivity contribution in [3.63, 3.8) is 0 Å². The Bertz CT molecular complexity index is 1040. The fourth-order valence-corrected chi connectivity index (χ4v) is 5.11. The van der Waals surface area contributed by atoms with Crippen molar-refractivity contribution in [2.75, 3.05) is 12.4 Å². The number of ether oxygens (including phenoxy) is 1. The van der Waals surface area contributed by atoms with Crippen molar-refractivity contribution >= 4 is 17.7 Å². The van der Waals surface area contributed by atoms with Gasteiger partial charge in [0.05, 0.1) is 6.04 Å². The molecule has 1 aliphatic rings. The summed E-state index contributed by atoms with van der Waals surface area (Å²) in [4.78, 5) is 4.89. The molecule has 0 spiro atoms. The summed E-state index contributed by atoms with van der Waals surface area (Å²) in [6.45, 7) is 10.2. The van der Waals surface area contributed by atoms with Crippen molar-refractivity contribution < 1.29 is 4.74 Å². The maximum atomic E-state index is 6.01. The van der Waals surface area contributed by atoms with E-state index in [2.05, 4.69) is 87.0 Å². The fourth-order valence-electron chi connectivity index (χ4n) is 4.13. The number of thioether (sulfide) groups is 1. The van der Waals surface area contributed by atoms with Crippen molar-refractivity contribution in [3.8, 4) is 0 Å². The monoisotopic (exact) mass is 418 g/mol. The predicted molar refractivity (Wildman–Crippen MR) is 128 cm³/mol. The van der Waals surface area contributed by atoms with Gasteiger partial charge in [0.2, 0.25) is 5.90 Å². The third-order valence-corrected chi connectivity index (χ3v) is 6.75. The molecular weight excluding hydrogens is 388 g/mol. The standard InChI is InChI=1S/C26H30N2OS/c1-18-7-5-8-22(13-18)16-30-17-23-15-29-26(27-23)25-9-6-10-28(25)14-24-20(3)11-19(2)12-21(24)4/h5-13,23H,14-17H2,1-4H3/t23-/m0/s1. The predicted octanol–water partition coefficient (Wildman–Crippen LogP) is 5.85. The normalized spacial score (nSPS) is 15.9. The van der Waals surface area contributed by atoms with Gasteiger partial charge in [-0.25, -0.2) is 4.99 Å². The van der Waals surface area contributed by atoms with E-state index in [0.29, 0.717) is 6.61 Å². The van der Waals surface area contributed by atoms with Gasteiger partial charge in [0.25, 0.3) is 0 Å². The molecule has 3 nitrogen and oxygen atoms in total. The molecule has 0 bridgehead atoms. The van der Waals surface area contributed by atoms with Gasteiger partial charge >= 0.3 is 0 Å². The molecule has 2 aromatic carbocycles. The minimum atomic E-state index is 0.223. The maximum Gasteiger partial charge on any atom is 0.233 e. The Morgan fingerprint density at radius 2 is 1.80 bits per heavy atom. The molecular formula is C26H30N2OS. The lowest BCUT2D eigenvalue weighted by Crippen LogP contribution is -2.12. The molecule has 1 aromatic heterocycles. The molecule has 2 heterocycles. The first-order valence-corrected chi connectivity index (χ1v) is 11.7. The average Bonchev–Trinajstić information content (AvgIpc) is 3.34. The van der Waals surface area contributed by atoms with E-state index in [9.17, 15) is 0 Å². The molecule has 0 saturated carbocycles. The number of rotatable bonds is 7. The first-order valence-electron chi connectivity index (χ1n) is 10.6. The molecule has 0 radical (unpaired) electrons. The van der Waals surface area contributed by atoms with Crippen LogP contribution in [0.5, 0.6) is 0 Å². The summed E-state index contributed by atoms with van der Waals surface area (Å²) in [6.07, 6.45) is 2.12. The lowest BCUT2D eigenvalue weighted by Gasteiger charge is -2.14. The van der Waals surface area contributed by atoms with Crippen LogP contribution >= 0.6 is 11.8 Å². The van der Waals surface area contributed by atoms with Gasteiger partial charge in [-0.1, -0.05) is 47.5 Å². The highest BCUT2D eigenvalue weighted by atomic mass is 32.2. The highest BCUT2D eigenvalue weighted by Gasteiger charge is 2.22. The molecule has 4 rings (SSSR count). The van der Waals surface area contributed by atoms with Gasteiger partial charge in [-0.15, -0.1) is 0 Å². The molecule has 30 heavy (non-hydrogen) atoms. The van der Waals surface area contributed by atoms with E-state index in [1.807, 2.05) is 11.8 Å². The minimum Gasteiger partial charge on any atom is -0.474 e. The van der Waals surface area contributed by atoms with Crippen LogP contribution in [0.25, 0.3) is 0 Å². The molecule has 0 saturated heterocycles. The number of aryl methyl sites for hydroxylation is 4. The number of nitrogens with zero attached hydrogens (tertiary/aromatic N) is 2. The van der Waals surface area contributed by atoms with Gasteiger partial charge in [0.15, 0.2) is 0 Å². The molecule has 0 amide bonds. The minimum absolute atomic E-state index is 0.223. The van der Waals surface area contributed by atoms with Crippen molar-refractivity contribution in [2.24, 2.45) is 4.99 Å². The second-order valence-electron chi connectivity index (χ2n) is 8.30. The van der Waals surface area contributed by atoms with Crippen LogP contribution in [0.3, 0.4) is 0 Å². The van der Waals surface area contributed by atoms with E-state index < -0.39 is 0 Å². The van der Waals surface area contributed by atoms with Gasteiger partial charge in [-0.3, -0.25) is 0 Å². The zero-order chi connectivity index (χ0) is 21.1. The summed E-state index contributed by atoms with van der Waals surface area (Å²) in [5, 5.41) is 0. The quantitative estimate of drug-likeness (QED) is 0.481. The van der Waals surface area contributed by atoms with E-state index in [0.717, 1.165) is 29.6 Å². The van der Waals surface area contributed by atoms with Crippen LogP contribution in [0.15, 0.2) is 59.7 Å². The summed E-state index contributed by atoms with van der Waals surface area (Å²) in [5.74, 6) is 2.78. The third-order valence-electron chi connectivity index (χ3n) is 5.59. The number of aliphatic imine (C=N–C) groups is 1. The molecule has 0 N–H and O–H groups in total. The molecule has 0 aliphatic carbocycles. The molecule has 3 aromatic rings. The molecule has 0 fully saturated rings. The Hall–Kier alpha value is -2.46. The van der Waals surface area contributed by atoms with Crippen molar-refractivity contribution in [1.82, 2.24) is 4.57 Å². The van der Waals surface area contributed by atoms with Crippen LogP contribution in [0.4, 0.5) is 0 Å². The fraction of sp³-hybridized carbons (Fsp3) is 0.346. The zero-order valence-corrected chi connectivity index (χ0v) is 19.1. The van der Waals surface area contributed by atoms with E-state index in [4.69, 9.17) is 9.73 Å². The molecule has 4 heteroatoms. The Kier molecular flexibility index (Phi) is 6.33. The van der Waals surface area contributed by atoms with Crippen molar-refractivity contribution in [3.05, 3.63) is 93.8 Å². The highest BCUT2D eigenvalue weighted by Crippen LogP contribution is 2.22. The maximum absolute atomic E-state index is 6.01. The topological polar surface area (TPSA) is 26.5 Å². The summed E-state index contributed by atoms with van der Waals surface area (Å²) in [7, 11) is 0. The first kappa shape index (κ1) is 20.8. The third kappa shape index (κ3) is 4.81. The summed E-state index contributed by atoms with van der Waals surface area (Å²) < 4.78 is 8.26. The van der Waals surface area contributed by atoms with Crippen LogP contribution in [0, 0.1) is 27.7 Å². The van der Waals surface area contributed by atoms with Crippen LogP contribution in [0.2, 0.25) is 0 Å². The van der Waals surface area contributed by atoms with Crippen LogP contribution in [-0.4, -0.2) is 28.9 Å². The largest absolute Gasteiger partial charge is 0.474 e. The molecule has 156 valence electrons. The van der Waals surface area contributed by atoms with Gasteiger partial charge in [-0.2, -0.15) is 11.8 Å². The lowest BCUT2D eigenvalue weighted by atomic mass is 10.00. The number of hydrogen-bond donors (Lipinski definition) is 0. The smallest absolute Gasteiger partial charge is 0.233 e. The van der Waals surface area contributed by atoms with Crippen LogP contribution in [0.1, 0.15) is 39.1 Å². The molecule has 1 aliphatic heterocycles. The van der Waals surface area contributed by atoms with E-state index in [-0.39, 0.29) is 6.04 Å².